The monoisotopic (exact) mass is 244 g/mol. The van der Waals surface area contributed by atoms with Gasteiger partial charge in [-0.05, 0) is 24.4 Å². The highest BCUT2D eigenvalue weighted by molar-refractivity contribution is 7.98. The molecule has 4 heteroatoms. The van der Waals surface area contributed by atoms with Gasteiger partial charge >= 0.3 is 0 Å². The van der Waals surface area contributed by atoms with Gasteiger partial charge in [-0.2, -0.15) is 0 Å². The number of benzene rings is 1. The van der Waals surface area contributed by atoms with Gasteiger partial charge in [0.1, 0.15) is 6.26 Å². The first-order chi connectivity index (χ1) is 8.39. The molecule has 0 N–H and O–H groups in total. The Balaban J connectivity index is 1.82. The normalized spacial score (nSPS) is 26.9. The van der Waals surface area contributed by atoms with Gasteiger partial charge in [0.15, 0.2) is 0 Å². The molecule has 2 aliphatic rings. The van der Waals surface area contributed by atoms with Crippen LogP contribution in [0, 0.1) is 0 Å². The molecule has 1 aromatic heterocycles. The second-order valence-corrected chi connectivity index (χ2v) is 5.40. The fourth-order valence-corrected chi connectivity index (χ4v) is 3.55. The van der Waals surface area contributed by atoms with Gasteiger partial charge in [0.05, 0.1) is 5.54 Å². The first kappa shape index (κ1) is 9.59. The first-order valence-electron chi connectivity index (χ1n) is 5.79. The van der Waals surface area contributed by atoms with Crippen molar-refractivity contribution in [2.45, 2.75) is 12.0 Å². The smallest absolute Gasteiger partial charge is 0.203 e. The van der Waals surface area contributed by atoms with Crippen LogP contribution in [0.15, 0.2) is 39.3 Å². The summed E-state index contributed by atoms with van der Waals surface area (Å²) in [7, 11) is 0. The number of fused-ring (bicyclic) bond motifs is 1. The van der Waals surface area contributed by atoms with Crippen molar-refractivity contribution in [3.8, 4) is 0 Å². The highest BCUT2D eigenvalue weighted by atomic mass is 32.2. The Hall–Kier alpha value is -1.42. The standard InChI is InChI=1S/C13H12N2OS/c1-2-4-11-10(3-1)7-16-12(11)15-6-5-13(15)8-14-17-9-13/h1-4,7-8H,5-6,9H2. The van der Waals surface area contributed by atoms with Crippen molar-refractivity contribution in [2.24, 2.45) is 4.40 Å². The predicted molar refractivity (Wildman–Crippen MR) is 71.9 cm³/mol. The van der Waals surface area contributed by atoms with E-state index in [9.17, 15) is 0 Å². The molecular formula is C13H12N2OS. The Morgan fingerprint density at radius 3 is 3.06 bits per heavy atom. The minimum absolute atomic E-state index is 0.116. The molecule has 3 nitrogen and oxygen atoms in total. The van der Waals surface area contributed by atoms with Gasteiger partial charge in [-0.1, -0.05) is 18.2 Å². The number of nitrogens with zero attached hydrogens (tertiary/aromatic N) is 2. The zero-order valence-corrected chi connectivity index (χ0v) is 10.1. The van der Waals surface area contributed by atoms with Crippen molar-refractivity contribution in [3.05, 3.63) is 30.5 Å². The van der Waals surface area contributed by atoms with Gasteiger partial charge in [-0.15, -0.1) is 0 Å². The highest BCUT2D eigenvalue weighted by Crippen LogP contribution is 2.43. The quantitative estimate of drug-likeness (QED) is 0.722. The van der Waals surface area contributed by atoms with E-state index in [1.807, 2.05) is 12.3 Å². The van der Waals surface area contributed by atoms with Gasteiger partial charge in [0, 0.05) is 29.3 Å². The number of anilines is 1. The van der Waals surface area contributed by atoms with Gasteiger partial charge in [0.2, 0.25) is 5.88 Å². The van der Waals surface area contributed by atoms with Crippen molar-refractivity contribution >= 4 is 34.8 Å². The van der Waals surface area contributed by atoms with E-state index in [2.05, 4.69) is 33.7 Å². The molecule has 3 heterocycles. The van der Waals surface area contributed by atoms with Crippen molar-refractivity contribution < 1.29 is 4.42 Å². The molecule has 0 radical (unpaired) electrons. The van der Waals surface area contributed by atoms with Gasteiger partial charge in [-0.3, -0.25) is 0 Å². The molecule has 0 bridgehead atoms. The van der Waals surface area contributed by atoms with E-state index in [-0.39, 0.29) is 5.54 Å². The summed E-state index contributed by atoms with van der Waals surface area (Å²) < 4.78 is 10.1. The van der Waals surface area contributed by atoms with Crippen LogP contribution in [0.4, 0.5) is 5.88 Å². The lowest BCUT2D eigenvalue weighted by Crippen LogP contribution is -2.62. The average molecular weight is 244 g/mol. The van der Waals surface area contributed by atoms with E-state index < -0.39 is 0 Å². The lowest BCUT2D eigenvalue weighted by molar-refractivity contribution is 0.384. The Morgan fingerprint density at radius 2 is 2.29 bits per heavy atom. The second kappa shape index (κ2) is 3.29. The summed E-state index contributed by atoms with van der Waals surface area (Å²) in [5.74, 6) is 2.04. The molecule has 1 spiro atoms. The Labute approximate surface area is 104 Å². The van der Waals surface area contributed by atoms with Crippen LogP contribution < -0.4 is 4.90 Å². The average Bonchev–Trinajstić information content (AvgIpc) is 2.96. The number of hydrogen-bond acceptors (Lipinski definition) is 4. The number of hydrogen-bond donors (Lipinski definition) is 0. The molecule has 1 unspecified atom stereocenters. The highest BCUT2D eigenvalue weighted by Gasteiger charge is 2.47. The molecule has 17 heavy (non-hydrogen) atoms. The van der Waals surface area contributed by atoms with Crippen LogP contribution >= 0.6 is 11.9 Å². The van der Waals surface area contributed by atoms with Crippen molar-refractivity contribution in [3.63, 3.8) is 0 Å². The molecule has 2 aliphatic heterocycles. The summed E-state index contributed by atoms with van der Waals surface area (Å²) in [6, 6.07) is 8.32. The molecule has 1 fully saturated rings. The third-order valence-electron chi connectivity index (χ3n) is 3.72. The third kappa shape index (κ3) is 1.21. The molecule has 0 amide bonds. The fraction of sp³-hybridized carbons (Fsp3) is 0.308. The van der Waals surface area contributed by atoms with Crippen LogP contribution in [-0.4, -0.2) is 24.1 Å². The maximum Gasteiger partial charge on any atom is 0.203 e. The summed E-state index contributed by atoms with van der Waals surface area (Å²) in [5, 5.41) is 2.38. The van der Waals surface area contributed by atoms with Crippen LogP contribution in [0.1, 0.15) is 6.42 Å². The number of rotatable bonds is 1. The minimum Gasteiger partial charge on any atom is -0.447 e. The van der Waals surface area contributed by atoms with Crippen LogP contribution in [0.3, 0.4) is 0 Å². The Bertz CT molecular complexity index is 606. The fourth-order valence-electron chi connectivity index (χ4n) is 2.61. The van der Waals surface area contributed by atoms with E-state index in [0.29, 0.717) is 0 Å². The summed E-state index contributed by atoms with van der Waals surface area (Å²) in [5.41, 5.74) is 0.116. The maximum atomic E-state index is 5.76. The largest absolute Gasteiger partial charge is 0.447 e. The Morgan fingerprint density at radius 1 is 1.35 bits per heavy atom. The van der Waals surface area contributed by atoms with Crippen LogP contribution in [-0.2, 0) is 0 Å². The molecule has 1 aromatic carbocycles. The predicted octanol–water partition coefficient (Wildman–Crippen LogP) is 3.11. The van der Waals surface area contributed by atoms with Gasteiger partial charge in [-0.25, -0.2) is 4.40 Å². The lowest BCUT2D eigenvalue weighted by Gasteiger charge is -2.48. The summed E-state index contributed by atoms with van der Waals surface area (Å²) in [4.78, 5) is 2.35. The molecule has 0 saturated carbocycles. The molecule has 1 atom stereocenters. The number of furan rings is 1. The SMILES string of the molecule is C1=NSCC12CCN2c1occ2ccccc12. The third-order valence-corrected chi connectivity index (χ3v) is 4.61. The second-order valence-electron chi connectivity index (χ2n) is 4.64. The van der Waals surface area contributed by atoms with Gasteiger partial charge in [0.25, 0.3) is 0 Å². The van der Waals surface area contributed by atoms with Crippen molar-refractivity contribution in [1.29, 1.82) is 0 Å². The first-order valence-corrected chi connectivity index (χ1v) is 6.74. The zero-order chi connectivity index (χ0) is 11.3. The zero-order valence-electron chi connectivity index (χ0n) is 9.30. The molecule has 2 aromatic rings. The Kier molecular flexibility index (Phi) is 1.86. The molecule has 0 aliphatic carbocycles. The maximum absolute atomic E-state index is 5.76. The van der Waals surface area contributed by atoms with E-state index in [4.69, 9.17) is 4.42 Å². The molecular weight excluding hydrogens is 232 g/mol. The van der Waals surface area contributed by atoms with Crippen LogP contribution in [0.2, 0.25) is 0 Å². The summed E-state index contributed by atoms with van der Waals surface area (Å²) >= 11 is 1.65. The summed E-state index contributed by atoms with van der Waals surface area (Å²) in [6.07, 6.45) is 5.10. The molecule has 86 valence electrons. The van der Waals surface area contributed by atoms with E-state index in [1.54, 1.807) is 11.9 Å². The van der Waals surface area contributed by atoms with E-state index >= 15 is 0 Å². The summed E-state index contributed by atoms with van der Waals surface area (Å²) in [6.45, 7) is 1.06. The van der Waals surface area contributed by atoms with E-state index in [0.717, 1.165) is 18.2 Å². The van der Waals surface area contributed by atoms with E-state index in [1.165, 1.54) is 17.2 Å². The lowest BCUT2D eigenvalue weighted by atomic mass is 9.87. The molecule has 1 saturated heterocycles. The minimum atomic E-state index is 0.116. The van der Waals surface area contributed by atoms with Crippen molar-refractivity contribution in [1.82, 2.24) is 0 Å². The topological polar surface area (TPSA) is 28.7 Å². The molecule has 4 rings (SSSR count). The van der Waals surface area contributed by atoms with Gasteiger partial charge < -0.3 is 9.32 Å². The van der Waals surface area contributed by atoms with Crippen LogP contribution in [0.25, 0.3) is 10.8 Å². The van der Waals surface area contributed by atoms with Crippen molar-refractivity contribution in [2.75, 3.05) is 17.2 Å². The van der Waals surface area contributed by atoms with Crippen LogP contribution in [0.5, 0.6) is 0 Å².